The summed E-state index contributed by atoms with van der Waals surface area (Å²) in [6, 6.07) is 8.75. The second-order valence-corrected chi connectivity index (χ2v) is 3.83. The maximum Gasteiger partial charge on any atom is 0.184 e. The van der Waals surface area contributed by atoms with Crippen LogP contribution < -0.4 is 0 Å². The molecule has 0 saturated carbocycles. The molecule has 0 aromatic heterocycles. The minimum Gasteiger partial charge on any atom is -0.387 e. The third-order valence-corrected chi connectivity index (χ3v) is 2.72. The molecule has 0 bridgehead atoms. The van der Waals surface area contributed by atoms with Gasteiger partial charge in [0.25, 0.3) is 0 Å². The molecule has 1 aliphatic rings. The van der Waals surface area contributed by atoms with Crippen LogP contribution in [0.3, 0.4) is 0 Å². The summed E-state index contributed by atoms with van der Waals surface area (Å²) in [5.41, 5.74) is 0.639. The van der Waals surface area contributed by atoms with E-state index in [4.69, 9.17) is 4.74 Å². The van der Waals surface area contributed by atoms with Crippen LogP contribution in [0.1, 0.15) is 11.7 Å². The topological polar surface area (TPSA) is 90.2 Å². The lowest BCUT2D eigenvalue weighted by Crippen LogP contribution is -2.54. The summed E-state index contributed by atoms with van der Waals surface area (Å²) in [7, 11) is 0. The smallest absolute Gasteiger partial charge is 0.184 e. The van der Waals surface area contributed by atoms with Crippen molar-refractivity contribution in [3.8, 4) is 0 Å². The Balaban J connectivity index is 2.23. The number of hydrogen-bond donors (Lipinski definition) is 4. The molecule has 5 nitrogen and oxygen atoms in total. The monoisotopic (exact) mass is 226 g/mol. The van der Waals surface area contributed by atoms with Gasteiger partial charge < -0.3 is 25.2 Å². The number of aliphatic hydroxyl groups excluding tert-OH is 4. The van der Waals surface area contributed by atoms with E-state index in [0.29, 0.717) is 5.56 Å². The molecule has 0 radical (unpaired) electrons. The van der Waals surface area contributed by atoms with Crippen molar-refractivity contribution in [2.24, 2.45) is 0 Å². The fourth-order valence-electron chi connectivity index (χ4n) is 1.78. The molecule has 16 heavy (non-hydrogen) atoms. The predicted molar refractivity (Wildman–Crippen MR) is 54.3 cm³/mol. The van der Waals surface area contributed by atoms with Gasteiger partial charge in [-0.3, -0.25) is 0 Å². The van der Waals surface area contributed by atoms with Crippen molar-refractivity contribution in [2.45, 2.75) is 30.7 Å². The average molecular weight is 226 g/mol. The molecule has 88 valence electrons. The van der Waals surface area contributed by atoms with Crippen molar-refractivity contribution in [3.63, 3.8) is 0 Å². The first-order chi connectivity index (χ1) is 7.61. The third-order valence-electron chi connectivity index (χ3n) is 2.72. The number of hydrogen-bond acceptors (Lipinski definition) is 5. The quantitative estimate of drug-likeness (QED) is 0.501. The molecule has 2 rings (SSSR count). The Bertz CT molecular complexity index is 341. The molecule has 0 amide bonds. The van der Waals surface area contributed by atoms with Crippen LogP contribution >= 0.6 is 0 Å². The Morgan fingerprint density at radius 2 is 1.44 bits per heavy atom. The van der Waals surface area contributed by atoms with E-state index in [1.807, 2.05) is 0 Å². The van der Waals surface area contributed by atoms with E-state index in [0.717, 1.165) is 0 Å². The van der Waals surface area contributed by atoms with Crippen molar-refractivity contribution in [1.29, 1.82) is 0 Å². The van der Waals surface area contributed by atoms with Crippen LogP contribution in [0.4, 0.5) is 0 Å². The van der Waals surface area contributed by atoms with Gasteiger partial charge in [0, 0.05) is 0 Å². The standard InChI is InChI=1S/C11H14O5/c12-7-8(13)10(16-11(15)9(7)14)6-4-2-1-3-5-6/h1-5,7-15H/t7-,8-,9+,10?,11?/m1/s1. The molecule has 1 fully saturated rings. The lowest BCUT2D eigenvalue weighted by Gasteiger charge is -2.38. The summed E-state index contributed by atoms with van der Waals surface area (Å²) in [5, 5.41) is 37.9. The predicted octanol–water partition coefficient (Wildman–Crippen LogP) is -0.841. The van der Waals surface area contributed by atoms with E-state index in [1.165, 1.54) is 0 Å². The van der Waals surface area contributed by atoms with Crippen LogP contribution in [0.15, 0.2) is 30.3 Å². The first kappa shape index (κ1) is 11.5. The van der Waals surface area contributed by atoms with Crippen LogP contribution in [0.25, 0.3) is 0 Å². The van der Waals surface area contributed by atoms with Gasteiger partial charge in [-0.15, -0.1) is 0 Å². The lowest BCUT2D eigenvalue weighted by atomic mass is 9.94. The highest BCUT2D eigenvalue weighted by Crippen LogP contribution is 2.31. The first-order valence-electron chi connectivity index (χ1n) is 5.04. The fourth-order valence-corrected chi connectivity index (χ4v) is 1.78. The number of ether oxygens (including phenoxy) is 1. The van der Waals surface area contributed by atoms with E-state index in [1.54, 1.807) is 30.3 Å². The van der Waals surface area contributed by atoms with Gasteiger partial charge in [0.1, 0.15) is 24.4 Å². The molecular formula is C11H14O5. The SMILES string of the molecule is OC1OC(c2ccccc2)[C@H](O)[C@@H](O)[C@@H]1O. The van der Waals surface area contributed by atoms with Crippen LogP contribution in [0, 0.1) is 0 Å². The maximum atomic E-state index is 9.73. The van der Waals surface area contributed by atoms with Crippen molar-refractivity contribution in [3.05, 3.63) is 35.9 Å². The fraction of sp³-hybridized carbons (Fsp3) is 0.455. The molecule has 0 spiro atoms. The highest BCUT2D eigenvalue weighted by molar-refractivity contribution is 5.20. The molecule has 1 saturated heterocycles. The van der Waals surface area contributed by atoms with Crippen LogP contribution in [0.5, 0.6) is 0 Å². The van der Waals surface area contributed by atoms with Crippen molar-refractivity contribution in [1.82, 2.24) is 0 Å². The Kier molecular flexibility index (Phi) is 3.22. The molecule has 1 heterocycles. The van der Waals surface area contributed by atoms with Crippen molar-refractivity contribution in [2.75, 3.05) is 0 Å². The second kappa shape index (κ2) is 4.48. The molecule has 1 aromatic rings. The second-order valence-electron chi connectivity index (χ2n) is 3.83. The summed E-state index contributed by atoms with van der Waals surface area (Å²) >= 11 is 0. The Morgan fingerprint density at radius 1 is 0.812 bits per heavy atom. The van der Waals surface area contributed by atoms with Crippen molar-refractivity contribution >= 4 is 0 Å². The van der Waals surface area contributed by atoms with Gasteiger partial charge in [-0.25, -0.2) is 0 Å². The van der Waals surface area contributed by atoms with E-state index in [-0.39, 0.29) is 0 Å². The van der Waals surface area contributed by atoms with E-state index in [2.05, 4.69) is 0 Å². The van der Waals surface area contributed by atoms with Gasteiger partial charge >= 0.3 is 0 Å². The number of aliphatic hydroxyl groups is 4. The molecule has 1 aliphatic heterocycles. The largest absolute Gasteiger partial charge is 0.387 e. The number of benzene rings is 1. The zero-order valence-electron chi connectivity index (χ0n) is 8.47. The highest BCUT2D eigenvalue weighted by Gasteiger charge is 2.43. The Hall–Kier alpha value is -0.980. The molecule has 1 aromatic carbocycles. The lowest BCUT2D eigenvalue weighted by molar-refractivity contribution is -0.284. The molecule has 2 unspecified atom stereocenters. The van der Waals surface area contributed by atoms with Crippen LogP contribution in [0.2, 0.25) is 0 Å². The summed E-state index contributed by atoms with van der Waals surface area (Å²) in [5.74, 6) is 0. The normalized spacial score (nSPS) is 39.6. The van der Waals surface area contributed by atoms with Crippen LogP contribution in [-0.4, -0.2) is 45.0 Å². The summed E-state index contributed by atoms with van der Waals surface area (Å²) in [4.78, 5) is 0. The summed E-state index contributed by atoms with van der Waals surface area (Å²) in [6.45, 7) is 0. The van der Waals surface area contributed by atoms with Gasteiger partial charge in [-0.1, -0.05) is 30.3 Å². The van der Waals surface area contributed by atoms with E-state index < -0.39 is 30.7 Å². The molecular weight excluding hydrogens is 212 g/mol. The van der Waals surface area contributed by atoms with Crippen molar-refractivity contribution < 1.29 is 25.2 Å². The van der Waals surface area contributed by atoms with Gasteiger partial charge in [0.2, 0.25) is 0 Å². The molecule has 0 aliphatic carbocycles. The van der Waals surface area contributed by atoms with Gasteiger partial charge in [-0.05, 0) is 5.56 Å². The van der Waals surface area contributed by atoms with E-state index >= 15 is 0 Å². The Morgan fingerprint density at radius 3 is 2.06 bits per heavy atom. The Labute approximate surface area is 92.5 Å². The maximum absolute atomic E-state index is 9.73. The van der Waals surface area contributed by atoms with Crippen LogP contribution in [-0.2, 0) is 4.74 Å². The van der Waals surface area contributed by atoms with Gasteiger partial charge in [0.15, 0.2) is 6.29 Å². The summed E-state index contributed by atoms with van der Waals surface area (Å²) in [6.07, 6.45) is -6.51. The molecule has 5 heteroatoms. The van der Waals surface area contributed by atoms with E-state index in [9.17, 15) is 20.4 Å². The van der Waals surface area contributed by atoms with Gasteiger partial charge in [0.05, 0.1) is 0 Å². The summed E-state index contributed by atoms with van der Waals surface area (Å²) < 4.78 is 5.06. The third kappa shape index (κ3) is 1.95. The molecule has 5 atom stereocenters. The highest BCUT2D eigenvalue weighted by atomic mass is 16.6. The average Bonchev–Trinajstić information content (AvgIpc) is 2.32. The molecule has 4 N–H and O–H groups in total. The number of rotatable bonds is 1. The zero-order chi connectivity index (χ0) is 11.7. The van der Waals surface area contributed by atoms with Gasteiger partial charge in [-0.2, -0.15) is 0 Å². The zero-order valence-corrected chi connectivity index (χ0v) is 8.47. The minimum absolute atomic E-state index is 0.639. The first-order valence-corrected chi connectivity index (χ1v) is 5.04. The minimum atomic E-state index is -1.50.